The summed E-state index contributed by atoms with van der Waals surface area (Å²) >= 11 is 0. The molecule has 0 aliphatic carbocycles. The maximum atomic E-state index is 13.2. The fraction of sp³-hybridized carbons (Fsp3) is 0.333. The average molecular weight is 540 g/mol. The molecule has 208 valence electrons. The summed E-state index contributed by atoms with van der Waals surface area (Å²) in [5, 5.41) is 1.90. The number of hydrogen-bond donors (Lipinski definition) is 0. The molecular formula is C33H37N3O4. The van der Waals surface area contributed by atoms with E-state index in [-0.39, 0.29) is 0 Å². The minimum atomic E-state index is -0.627. The fourth-order valence-electron chi connectivity index (χ4n) is 5.05. The van der Waals surface area contributed by atoms with E-state index in [9.17, 15) is 9.59 Å². The fourth-order valence-corrected chi connectivity index (χ4v) is 5.05. The molecule has 0 spiro atoms. The van der Waals surface area contributed by atoms with Crippen molar-refractivity contribution in [2.75, 3.05) is 0 Å². The first kappa shape index (κ1) is 27.3. The predicted molar refractivity (Wildman–Crippen MR) is 160 cm³/mol. The van der Waals surface area contributed by atoms with Crippen LogP contribution in [0.3, 0.4) is 0 Å². The Morgan fingerprint density at radius 3 is 1.32 bits per heavy atom. The number of rotatable bonds is 2. The topological polar surface area (TPSA) is 67.4 Å². The van der Waals surface area contributed by atoms with Crippen molar-refractivity contribution in [3.63, 3.8) is 0 Å². The van der Waals surface area contributed by atoms with Crippen molar-refractivity contribution in [3.05, 3.63) is 72.3 Å². The molecule has 3 aromatic heterocycles. The second kappa shape index (κ2) is 9.44. The molecule has 40 heavy (non-hydrogen) atoms. The van der Waals surface area contributed by atoms with E-state index >= 15 is 0 Å². The van der Waals surface area contributed by atoms with Crippen LogP contribution in [0, 0.1) is 13.8 Å². The molecule has 0 fully saturated rings. The van der Waals surface area contributed by atoms with Gasteiger partial charge in [-0.05, 0) is 79.7 Å². The van der Waals surface area contributed by atoms with E-state index in [1.807, 2.05) is 104 Å². The van der Waals surface area contributed by atoms with Gasteiger partial charge in [0.05, 0.1) is 11.0 Å². The number of aryl methyl sites for hydroxylation is 3. The highest BCUT2D eigenvalue weighted by Gasteiger charge is 2.26. The molecule has 0 saturated heterocycles. The van der Waals surface area contributed by atoms with Crippen LogP contribution in [0.5, 0.6) is 0 Å². The number of carbonyl (C=O) groups excluding carboxylic acids is 2. The van der Waals surface area contributed by atoms with Crippen LogP contribution in [0.25, 0.3) is 44.1 Å². The van der Waals surface area contributed by atoms with E-state index in [1.54, 1.807) is 9.13 Å². The summed E-state index contributed by atoms with van der Waals surface area (Å²) in [5.41, 5.74) is 6.19. The smallest absolute Gasteiger partial charge is 0.419 e. The number of fused-ring (bicyclic) bond motifs is 2. The molecule has 0 unspecified atom stereocenters. The summed E-state index contributed by atoms with van der Waals surface area (Å²) in [4.78, 5) is 26.5. The Balaban J connectivity index is 1.75. The van der Waals surface area contributed by atoms with Gasteiger partial charge in [-0.3, -0.25) is 9.13 Å². The van der Waals surface area contributed by atoms with Crippen molar-refractivity contribution in [1.82, 2.24) is 13.7 Å². The molecule has 0 aliphatic heterocycles. The zero-order valence-electron chi connectivity index (χ0n) is 24.7. The largest absolute Gasteiger partial charge is 0.443 e. The van der Waals surface area contributed by atoms with Crippen LogP contribution in [0.1, 0.15) is 52.7 Å². The lowest BCUT2D eigenvalue weighted by molar-refractivity contribution is 0.0533. The van der Waals surface area contributed by atoms with E-state index < -0.39 is 23.4 Å². The Morgan fingerprint density at radius 2 is 0.975 bits per heavy atom. The Bertz CT molecular complexity index is 1650. The van der Waals surface area contributed by atoms with E-state index in [0.29, 0.717) is 0 Å². The predicted octanol–water partition coefficient (Wildman–Crippen LogP) is 8.45. The average Bonchev–Trinajstić information content (AvgIpc) is 3.49. The van der Waals surface area contributed by atoms with Crippen LogP contribution < -0.4 is 0 Å². The second-order valence-electron chi connectivity index (χ2n) is 12.6. The lowest BCUT2D eigenvalue weighted by atomic mass is 9.97. The molecule has 0 bridgehead atoms. The third-order valence-corrected chi connectivity index (χ3v) is 6.64. The van der Waals surface area contributed by atoms with Gasteiger partial charge in [-0.2, -0.15) is 0 Å². The highest BCUT2D eigenvalue weighted by atomic mass is 16.6. The van der Waals surface area contributed by atoms with Gasteiger partial charge in [-0.15, -0.1) is 0 Å². The zero-order chi connectivity index (χ0) is 29.1. The molecule has 0 atom stereocenters. The Hall–Kier alpha value is -4.26. The molecule has 7 heteroatoms. The molecule has 0 amide bonds. The van der Waals surface area contributed by atoms with Crippen LogP contribution in [0.4, 0.5) is 9.59 Å². The molecule has 0 radical (unpaired) electrons. The normalized spacial score (nSPS) is 12.3. The van der Waals surface area contributed by atoms with E-state index in [1.165, 1.54) is 0 Å². The monoisotopic (exact) mass is 539 g/mol. The second-order valence-corrected chi connectivity index (χ2v) is 12.6. The van der Waals surface area contributed by atoms with E-state index in [4.69, 9.17) is 9.47 Å². The number of carbonyl (C=O) groups is 2. The Labute approximate surface area is 234 Å². The summed E-state index contributed by atoms with van der Waals surface area (Å²) < 4.78 is 16.6. The van der Waals surface area contributed by atoms with Crippen molar-refractivity contribution in [3.8, 4) is 22.3 Å². The number of hydrogen-bond acceptors (Lipinski definition) is 4. The molecule has 5 aromatic rings. The molecule has 0 N–H and O–H groups in total. The quantitative estimate of drug-likeness (QED) is 0.226. The summed E-state index contributed by atoms with van der Waals surface area (Å²) in [6.45, 7) is 15.2. The van der Waals surface area contributed by atoms with Gasteiger partial charge in [-0.25, -0.2) is 9.59 Å². The van der Waals surface area contributed by atoms with Gasteiger partial charge in [0, 0.05) is 64.9 Å². The first-order valence-corrected chi connectivity index (χ1v) is 13.5. The molecule has 5 rings (SSSR count). The number of ether oxygens (including phenoxy) is 2. The van der Waals surface area contributed by atoms with Crippen LogP contribution in [-0.2, 0) is 16.5 Å². The lowest BCUT2D eigenvalue weighted by Crippen LogP contribution is -2.26. The van der Waals surface area contributed by atoms with Crippen LogP contribution >= 0.6 is 0 Å². The van der Waals surface area contributed by atoms with Crippen LogP contribution in [-0.4, -0.2) is 37.1 Å². The van der Waals surface area contributed by atoms with Crippen LogP contribution in [0.2, 0.25) is 0 Å². The maximum absolute atomic E-state index is 13.2. The summed E-state index contributed by atoms with van der Waals surface area (Å²) in [6.07, 6.45) is 6.96. The minimum absolute atomic E-state index is 0.428. The molecular weight excluding hydrogens is 502 g/mol. The van der Waals surface area contributed by atoms with E-state index in [2.05, 4.69) is 24.5 Å². The van der Waals surface area contributed by atoms with Gasteiger partial charge in [0.25, 0.3) is 0 Å². The van der Waals surface area contributed by atoms with Gasteiger partial charge in [0.1, 0.15) is 11.2 Å². The first-order valence-electron chi connectivity index (χ1n) is 13.5. The van der Waals surface area contributed by atoms with Gasteiger partial charge in [0.15, 0.2) is 0 Å². The highest BCUT2D eigenvalue weighted by Crippen LogP contribution is 2.42. The number of aromatic nitrogens is 3. The van der Waals surface area contributed by atoms with Gasteiger partial charge >= 0.3 is 12.2 Å². The lowest BCUT2D eigenvalue weighted by Gasteiger charge is -2.19. The number of benzene rings is 2. The van der Waals surface area contributed by atoms with Crippen molar-refractivity contribution in [1.29, 1.82) is 0 Å². The molecule has 3 heterocycles. The standard InChI is InChI=1S/C33H37N3O4/c1-20-10-12-28-22(14-20)26(18-35(28)30(37)39-32(3,4)5)24-16-34(9)17-25(24)27-19-36(31(38)40-33(6,7)8)29-13-11-21(2)15-23(27)29/h10-19H,1-9H3. The molecule has 0 aliphatic rings. The van der Waals surface area contributed by atoms with Gasteiger partial charge < -0.3 is 14.0 Å². The Kier molecular flexibility index (Phi) is 6.44. The van der Waals surface area contributed by atoms with Gasteiger partial charge in [0.2, 0.25) is 0 Å². The van der Waals surface area contributed by atoms with E-state index in [0.717, 1.165) is 55.2 Å². The molecule has 7 nitrogen and oxygen atoms in total. The first-order chi connectivity index (χ1) is 18.6. The SMILES string of the molecule is Cc1ccc2c(c1)c(-c1cn(C)cc1-c1cn(C(=O)OC(C)(C)C)c3ccc(C)cc13)cn2C(=O)OC(C)(C)C. The molecule has 0 saturated carbocycles. The van der Waals surface area contributed by atoms with Gasteiger partial charge in [-0.1, -0.05) is 23.3 Å². The number of nitrogens with zero attached hydrogens (tertiary/aromatic N) is 3. The summed E-state index contributed by atoms with van der Waals surface area (Å²) in [7, 11) is 1.98. The maximum Gasteiger partial charge on any atom is 0.419 e. The van der Waals surface area contributed by atoms with Crippen molar-refractivity contribution in [2.24, 2.45) is 7.05 Å². The van der Waals surface area contributed by atoms with Crippen molar-refractivity contribution < 1.29 is 19.1 Å². The highest BCUT2D eigenvalue weighted by molar-refractivity contribution is 6.08. The zero-order valence-corrected chi connectivity index (χ0v) is 24.7. The van der Waals surface area contributed by atoms with Crippen molar-refractivity contribution >= 4 is 34.0 Å². The third-order valence-electron chi connectivity index (χ3n) is 6.64. The minimum Gasteiger partial charge on any atom is -0.443 e. The summed E-state index contributed by atoms with van der Waals surface area (Å²) in [6, 6.07) is 12.1. The third kappa shape index (κ3) is 5.16. The van der Waals surface area contributed by atoms with Crippen molar-refractivity contribution in [2.45, 2.75) is 66.6 Å². The molecule has 2 aromatic carbocycles. The Morgan fingerprint density at radius 1 is 0.600 bits per heavy atom. The van der Waals surface area contributed by atoms with Crippen LogP contribution in [0.15, 0.2) is 61.2 Å². The summed E-state index contributed by atoms with van der Waals surface area (Å²) in [5.74, 6) is 0.